The maximum absolute atomic E-state index is 11.7. The lowest BCUT2D eigenvalue weighted by Gasteiger charge is -2.16. The first kappa shape index (κ1) is 18.5. The molecule has 26 heavy (non-hydrogen) atoms. The fourth-order valence-electron chi connectivity index (χ4n) is 2.98. The highest BCUT2D eigenvalue weighted by molar-refractivity contribution is 9.10. The number of aliphatic carboxylic acids is 1. The molecule has 5 nitrogen and oxygen atoms in total. The van der Waals surface area contributed by atoms with Gasteiger partial charge < -0.3 is 14.8 Å². The predicted octanol–water partition coefficient (Wildman–Crippen LogP) is 4.11. The number of aromatic nitrogens is 1. The summed E-state index contributed by atoms with van der Waals surface area (Å²) in [6.45, 7) is 2.90. The lowest BCUT2D eigenvalue weighted by atomic mass is 10.0. The van der Waals surface area contributed by atoms with Gasteiger partial charge in [0.15, 0.2) is 0 Å². The highest BCUT2D eigenvalue weighted by atomic mass is 79.9. The van der Waals surface area contributed by atoms with Gasteiger partial charge in [0.1, 0.15) is 11.8 Å². The Balaban J connectivity index is 1.76. The van der Waals surface area contributed by atoms with Gasteiger partial charge in [-0.05, 0) is 36.8 Å². The molecule has 136 valence electrons. The number of carbonyl (C=O) groups is 1. The summed E-state index contributed by atoms with van der Waals surface area (Å²) in [6, 6.07) is 13.0. The second-order valence-corrected chi connectivity index (χ2v) is 6.94. The van der Waals surface area contributed by atoms with E-state index in [0.717, 1.165) is 32.3 Å². The van der Waals surface area contributed by atoms with Gasteiger partial charge in [0, 0.05) is 40.1 Å². The molecule has 0 aliphatic rings. The average molecular weight is 417 g/mol. The van der Waals surface area contributed by atoms with Crippen molar-refractivity contribution in [2.24, 2.45) is 0 Å². The highest BCUT2D eigenvalue weighted by Crippen LogP contribution is 2.24. The van der Waals surface area contributed by atoms with Gasteiger partial charge in [-0.3, -0.25) is 10.1 Å². The predicted molar refractivity (Wildman–Crippen MR) is 106 cm³/mol. The Labute approximate surface area is 160 Å². The van der Waals surface area contributed by atoms with Crippen LogP contribution >= 0.6 is 15.9 Å². The zero-order chi connectivity index (χ0) is 18.5. The molecule has 3 aromatic rings. The Hall–Kier alpha value is -2.31. The first-order valence-corrected chi connectivity index (χ1v) is 9.30. The Morgan fingerprint density at radius 3 is 2.85 bits per heavy atom. The molecule has 0 fully saturated rings. The Morgan fingerprint density at radius 2 is 2.08 bits per heavy atom. The summed E-state index contributed by atoms with van der Waals surface area (Å²) in [5, 5.41) is 13.8. The Morgan fingerprint density at radius 1 is 1.27 bits per heavy atom. The molecule has 0 amide bonds. The molecule has 0 saturated heterocycles. The number of para-hydroxylation sites is 1. The zero-order valence-electron chi connectivity index (χ0n) is 14.5. The summed E-state index contributed by atoms with van der Waals surface area (Å²) in [6.07, 6.45) is 2.28. The van der Waals surface area contributed by atoms with Crippen LogP contribution in [0, 0.1) is 0 Å². The van der Waals surface area contributed by atoms with Gasteiger partial charge in [-0.1, -0.05) is 34.1 Å². The number of H-pyrrole nitrogens is 1. The van der Waals surface area contributed by atoms with E-state index in [1.54, 1.807) is 0 Å². The minimum absolute atomic E-state index is 0.400. The van der Waals surface area contributed by atoms with E-state index in [1.165, 1.54) is 0 Å². The van der Waals surface area contributed by atoms with E-state index in [0.29, 0.717) is 19.6 Å². The SMILES string of the molecule is CCOc1ccc(Br)cc1CNC(Cc1c[nH]c2ccccc12)C(=O)O. The average Bonchev–Trinajstić information content (AvgIpc) is 3.03. The van der Waals surface area contributed by atoms with E-state index in [9.17, 15) is 9.90 Å². The number of benzene rings is 2. The van der Waals surface area contributed by atoms with Crippen molar-refractivity contribution in [3.63, 3.8) is 0 Å². The van der Waals surface area contributed by atoms with Gasteiger partial charge in [-0.25, -0.2) is 0 Å². The fourth-order valence-corrected chi connectivity index (χ4v) is 3.39. The van der Waals surface area contributed by atoms with Crippen LogP contribution in [0.1, 0.15) is 18.1 Å². The summed E-state index contributed by atoms with van der Waals surface area (Å²) >= 11 is 3.46. The molecule has 0 aliphatic carbocycles. The van der Waals surface area contributed by atoms with Gasteiger partial charge in [0.05, 0.1) is 6.61 Å². The van der Waals surface area contributed by atoms with Gasteiger partial charge in [0.2, 0.25) is 0 Å². The number of hydrogen-bond acceptors (Lipinski definition) is 3. The quantitative estimate of drug-likeness (QED) is 0.516. The summed E-state index contributed by atoms with van der Waals surface area (Å²) in [4.78, 5) is 14.9. The van der Waals surface area contributed by atoms with Crippen LogP contribution in [0.15, 0.2) is 53.1 Å². The van der Waals surface area contributed by atoms with E-state index in [4.69, 9.17) is 4.74 Å². The van der Waals surface area contributed by atoms with Crippen LogP contribution in [0.3, 0.4) is 0 Å². The third-order valence-electron chi connectivity index (χ3n) is 4.26. The Bertz CT molecular complexity index is 907. The number of ether oxygens (including phenoxy) is 1. The number of carboxylic acid groups (broad SMARTS) is 1. The van der Waals surface area contributed by atoms with Crippen molar-refractivity contribution in [3.8, 4) is 5.75 Å². The molecule has 0 saturated carbocycles. The summed E-state index contributed by atoms with van der Waals surface area (Å²) in [5.74, 6) is -0.109. The molecule has 3 rings (SSSR count). The van der Waals surface area contributed by atoms with E-state index < -0.39 is 12.0 Å². The van der Waals surface area contributed by atoms with Crippen LogP contribution in [0.5, 0.6) is 5.75 Å². The molecular weight excluding hydrogens is 396 g/mol. The van der Waals surface area contributed by atoms with Crippen molar-refractivity contribution in [1.29, 1.82) is 0 Å². The maximum Gasteiger partial charge on any atom is 0.321 e. The third kappa shape index (κ3) is 4.26. The number of fused-ring (bicyclic) bond motifs is 1. The highest BCUT2D eigenvalue weighted by Gasteiger charge is 2.20. The summed E-state index contributed by atoms with van der Waals surface area (Å²) < 4.78 is 6.57. The van der Waals surface area contributed by atoms with Crippen LogP contribution in [0.2, 0.25) is 0 Å². The molecular formula is C20H21BrN2O3. The molecule has 0 aliphatic heterocycles. The molecule has 1 unspecified atom stereocenters. The second-order valence-electron chi connectivity index (χ2n) is 6.02. The van der Waals surface area contributed by atoms with E-state index in [2.05, 4.69) is 26.2 Å². The van der Waals surface area contributed by atoms with Crippen LogP contribution in [-0.2, 0) is 17.8 Å². The van der Waals surface area contributed by atoms with Crippen LogP contribution in [0.25, 0.3) is 10.9 Å². The Kier molecular flexibility index (Phi) is 5.96. The molecule has 2 aromatic carbocycles. The van der Waals surface area contributed by atoms with Crippen molar-refractivity contribution < 1.29 is 14.6 Å². The minimum atomic E-state index is -0.872. The van der Waals surface area contributed by atoms with Gasteiger partial charge in [-0.2, -0.15) is 0 Å². The molecule has 1 aromatic heterocycles. The summed E-state index contributed by atoms with van der Waals surface area (Å²) in [7, 11) is 0. The van der Waals surface area contributed by atoms with Crippen molar-refractivity contribution in [3.05, 3.63) is 64.3 Å². The lowest BCUT2D eigenvalue weighted by molar-refractivity contribution is -0.139. The van der Waals surface area contributed by atoms with Crippen molar-refractivity contribution in [2.75, 3.05) is 6.61 Å². The van der Waals surface area contributed by atoms with Crippen molar-refractivity contribution >= 4 is 32.8 Å². The number of nitrogens with one attached hydrogen (secondary N) is 2. The number of hydrogen-bond donors (Lipinski definition) is 3. The molecule has 1 atom stereocenters. The monoisotopic (exact) mass is 416 g/mol. The number of rotatable bonds is 8. The molecule has 3 N–H and O–H groups in total. The molecule has 6 heteroatoms. The van der Waals surface area contributed by atoms with Crippen molar-refractivity contribution in [1.82, 2.24) is 10.3 Å². The second kappa shape index (κ2) is 8.38. The third-order valence-corrected chi connectivity index (χ3v) is 4.75. The van der Waals surface area contributed by atoms with Crippen LogP contribution in [-0.4, -0.2) is 28.7 Å². The first-order valence-electron chi connectivity index (χ1n) is 8.51. The van der Waals surface area contributed by atoms with Gasteiger partial charge in [-0.15, -0.1) is 0 Å². The van der Waals surface area contributed by atoms with Gasteiger partial charge >= 0.3 is 5.97 Å². The topological polar surface area (TPSA) is 74.3 Å². The number of aromatic amines is 1. The number of carboxylic acids is 1. The lowest BCUT2D eigenvalue weighted by Crippen LogP contribution is -2.38. The maximum atomic E-state index is 11.7. The molecule has 0 spiro atoms. The van der Waals surface area contributed by atoms with E-state index >= 15 is 0 Å². The van der Waals surface area contributed by atoms with Crippen LogP contribution in [0.4, 0.5) is 0 Å². The molecule has 1 heterocycles. The van der Waals surface area contributed by atoms with Crippen molar-refractivity contribution in [2.45, 2.75) is 25.9 Å². The molecule has 0 radical (unpaired) electrons. The molecule has 0 bridgehead atoms. The zero-order valence-corrected chi connectivity index (χ0v) is 16.0. The smallest absolute Gasteiger partial charge is 0.321 e. The minimum Gasteiger partial charge on any atom is -0.494 e. The van der Waals surface area contributed by atoms with E-state index in [1.807, 2.05) is 55.6 Å². The first-order chi connectivity index (χ1) is 12.6. The number of halogens is 1. The largest absolute Gasteiger partial charge is 0.494 e. The normalized spacial score (nSPS) is 12.2. The van der Waals surface area contributed by atoms with E-state index in [-0.39, 0.29) is 0 Å². The fraction of sp³-hybridized carbons (Fsp3) is 0.250. The summed E-state index contributed by atoms with van der Waals surface area (Å²) in [5.41, 5.74) is 2.92. The van der Waals surface area contributed by atoms with Gasteiger partial charge in [0.25, 0.3) is 0 Å². The van der Waals surface area contributed by atoms with Crippen LogP contribution < -0.4 is 10.1 Å². The standard InChI is InChI=1S/C20H21BrN2O3/c1-2-26-19-8-7-15(21)9-14(19)12-23-18(20(24)25)10-13-11-22-17-6-4-3-5-16(13)17/h3-9,11,18,22-23H,2,10,12H2,1H3,(H,24,25).